The van der Waals surface area contributed by atoms with Gasteiger partial charge in [-0.15, -0.1) is 0 Å². The van der Waals surface area contributed by atoms with Crippen LogP contribution in [0.3, 0.4) is 0 Å². The van der Waals surface area contributed by atoms with Crippen LogP contribution < -0.4 is 10.1 Å². The molecule has 1 saturated carbocycles. The second-order valence-corrected chi connectivity index (χ2v) is 6.01. The predicted octanol–water partition coefficient (Wildman–Crippen LogP) is 3.68. The second kappa shape index (κ2) is 6.42. The van der Waals surface area contributed by atoms with E-state index >= 15 is 0 Å². The SMILES string of the molecule is c1cc2c(cc1CNCCC1CCCCC1)CCO2. The van der Waals surface area contributed by atoms with E-state index in [1.807, 2.05) is 0 Å². The van der Waals surface area contributed by atoms with E-state index in [4.69, 9.17) is 4.74 Å². The van der Waals surface area contributed by atoms with E-state index in [1.54, 1.807) is 0 Å². The molecule has 0 atom stereocenters. The number of nitrogens with one attached hydrogen (secondary N) is 1. The van der Waals surface area contributed by atoms with Gasteiger partial charge in [-0.05, 0) is 36.1 Å². The number of fused-ring (bicyclic) bond motifs is 1. The molecule has 1 aliphatic heterocycles. The normalized spacial score (nSPS) is 19.2. The number of hydrogen-bond donors (Lipinski definition) is 1. The molecule has 2 aliphatic rings. The molecule has 1 aromatic carbocycles. The molecule has 19 heavy (non-hydrogen) atoms. The molecule has 1 N–H and O–H groups in total. The third-order valence-electron chi connectivity index (χ3n) is 4.54. The average molecular weight is 259 g/mol. The first kappa shape index (κ1) is 13.0. The minimum Gasteiger partial charge on any atom is -0.493 e. The maximum atomic E-state index is 5.54. The molecular weight excluding hydrogens is 234 g/mol. The Balaban J connectivity index is 1.40. The minimum atomic E-state index is 0.855. The summed E-state index contributed by atoms with van der Waals surface area (Å²) in [6, 6.07) is 6.62. The van der Waals surface area contributed by atoms with Crippen molar-refractivity contribution in [2.45, 2.75) is 51.5 Å². The van der Waals surface area contributed by atoms with E-state index in [0.717, 1.165) is 37.8 Å². The van der Waals surface area contributed by atoms with Gasteiger partial charge < -0.3 is 10.1 Å². The van der Waals surface area contributed by atoms with E-state index in [1.165, 1.54) is 49.7 Å². The fourth-order valence-corrected chi connectivity index (χ4v) is 3.36. The highest BCUT2D eigenvalue weighted by Crippen LogP contribution is 2.27. The van der Waals surface area contributed by atoms with Crippen molar-refractivity contribution in [1.29, 1.82) is 0 Å². The van der Waals surface area contributed by atoms with Crippen LogP contribution in [0.5, 0.6) is 5.75 Å². The Bertz CT molecular complexity index is 410. The Morgan fingerprint density at radius 1 is 1.16 bits per heavy atom. The van der Waals surface area contributed by atoms with Crippen molar-refractivity contribution < 1.29 is 4.74 Å². The summed E-state index contributed by atoms with van der Waals surface area (Å²) in [5.41, 5.74) is 2.78. The van der Waals surface area contributed by atoms with Gasteiger partial charge in [-0.2, -0.15) is 0 Å². The lowest BCUT2D eigenvalue weighted by molar-refractivity contribution is 0.334. The van der Waals surface area contributed by atoms with Gasteiger partial charge in [0.15, 0.2) is 0 Å². The van der Waals surface area contributed by atoms with E-state index < -0.39 is 0 Å². The average Bonchev–Trinajstić information content (AvgIpc) is 2.92. The van der Waals surface area contributed by atoms with Crippen molar-refractivity contribution in [3.8, 4) is 5.75 Å². The van der Waals surface area contributed by atoms with Gasteiger partial charge in [0.1, 0.15) is 5.75 Å². The molecule has 0 bridgehead atoms. The first-order valence-corrected chi connectivity index (χ1v) is 7.87. The Labute approximate surface area is 116 Å². The summed E-state index contributed by atoms with van der Waals surface area (Å²) in [7, 11) is 0. The molecule has 2 heteroatoms. The van der Waals surface area contributed by atoms with E-state index in [9.17, 15) is 0 Å². The lowest BCUT2D eigenvalue weighted by Crippen LogP contribution is -2.19. The first-order valence-electron chi connectivity index (χ1n) is 7.87. The van der Waals surface area contributed by atoms with Crippen LogP contribution in [0.2, 0.25) is 0 Å². The summed E-state index contributed by atoms with van der Waals surface area (Å²) in [6.07, 6.45) is 9.71. The van der Waals surface area contributed by atoms with Crippen LogP contribution in [0, 0.1) is 5.92 Å². The van der Waals surface area contributed by atoms with Crippen molar-refractivity contribution in [1.82, 2.24) is 5.32 Å². The molecule has 0 aromatic heterocycles. The minimum absolute atomic E-state index is 0.855. The highest BCUT2D eigenvalue weighted by Gasteiger charge is 2.13. The Hall–Kier alpha value is -1.02. The van der Waals surface area contributed by atoms with Crippen molar-refractivity contribution in [3.63, 3.8) is 0 Å². The van der Waals surface area contributed by atoms with E-state index in [2.05, 4.69) is 23.5 Å². The molecule has 104 valence electrons. The van der Waals surface area contributed by atoms with Gasteiger partial charge >= 0.3 is 0 Å². The standard InChI is InChI=1S/C17H25NO/c1-2-4-14(5-3-1)8-10-18-13-15-6-7-17-16(12-15)9-11-19-17/h6-7,12,14,18H,1-5,8-11,13H2. The van der Waals surface area contributed by atoms with Crippen molar-refractivity contribution in [2.24, 2.45) is 5.92 Å². The molecular formula is C17H25NO. The summed E-state index contributed by atoms with van der Waals surface area (Å²) in [5, 5.41) is 3.60. The maximum absolute atomic E-state index is 5.54. The van der Waals surface area contributed by atoms with Crippen LogP contribution in [0.4, 0.5) is 0 Å². The largest absolute Gasteiger partial charge is 0.493 e. The summed E-state index contributed by atoms with van der Waals surface area (Å²) in [5.74, 6) is 2.07. The van der Waals surface area contributed by atoms with Gasteiger partial charge in [-0.25, -0.2) is 0 Å². The van der Waals surface area contributed by atoms with Crippen molar-refractivity contribution in [3.05, 3.63) is 29.3 Å². The lowest BCUT2D eigenvalue weighted by atomic mass is 9.87. The molecule has 0 spiro atoms. The molecule has 2 nitrogen and oxygen atoms in total. The second-order valence-electron chi connectivity index (χ2n) is 6.01. The molecule has 1 aliphatic carbocycles. The first-order chi connectivity index (χ1) is 9.42. The summed E-state index contributed by atoms with van der Waals surface area (Å²) < 4.78 is 5.54. The van der Waals surface area contributed by atoms with Gasteiger partial charge in [-0.1, -0.05) is 44.2 Å². The summed E-state index contributed by atoms with van der Waals surface area (Å²) >= 11 is 0. The van der Waals surface area contributed by atoms with Crippen LogP contribution in [0.15, 0.2) is 18.2 Å². The molecule has 1 heterocycles. The third-order valence-corrected chi connectivity index (χ3v) is 4.54. The van der Waals surface area contributed by atoms with Gasteiger partial charge in [0.05, 0.1) is 6.61 Å². The van der Waals surface area contributed by atoms with Gasteiger partial charge in [0.25, 0.3) is 0 Å². The van der Waals surface area contributed by atoms with Gasteiger partial charge in [-0.3, -0.25) is 0 Å². The molecule has 3 rings (SSSR count). The lowest BCUT2D eigenvalue weighted by Gasteiger charge is -2.21. The quantitative estimate of drug-likeness (QED) is 0.814. The highest BCUT2D eigenvalue weighted by atomic mass is 16.5. The Kier molecular flexibility index (Phi) is 4.39. The van der Waals surface area contributed by atoms with Crippen LogP contribution in [0.1, 0.15) is 49.7 Å². The summed E-state index contributed by atoms with van der Waals surface area (Å²) in [6.45, 7) is 3.02. The summed E-state index contributed by atoms with van der Waals surface area (Å²) in [4.78, 5) is 0. The fraction of sp³-hybridized carbons (Fsp3) is 0.647. The van der Waals surface area contributed by atoms with Crippen molar-refractivity contribution >= 4 is 0 Å². The monoisotopic (exact) mass is 259 g/mol. The van der Waals surface area contributed by atoms with Crippen LogP contribution in [-0.4, -0.2) is 13.2 Å². The number of rotatable bonds is 5. The molecule has 1 aromatic rings. The topological polar surface area (TPSA) is 21.3 Å². The molecule has 1 fully saturated rings. The highest BCUT2D eigenvalue weighted by molar-refractivity contribution is 5.39. The predicted molar refractivity (Wildman–Crippen MR) is 78.5 cm³/mol. The van der Waals surface area contributed by atoms with Gasteiger partial charge in [0, 0.05) is 13.0 Å². The Morgan fingerprint density at radius 3 is 2.95 bits per heavy atom. The fourth-order valence-electron chi connectivity index (χ4n) is 3.36. The maximum Gasteiger partial charge on any atom is 0.122 e. The zero-order valence-corrected chi connectivity index (χ0v) is 11.8. The smallest absolute Gasteiger partial charge is 0.122 e. The van der Waals surface area contributed by atoms with Gasteiger partial charge in [0.2, 0.25) is 0 Å². The van der Waals surface area contributed by atoms with Crippen LogP contribution >= 0.6 is 0 Å². The van der Waals surface area contributed by atoms with E-state index in [0.29, 0.717) is 0 Å². The zero-order valence-electron chi connectivity index (χ0n) is 11.8. The molecule has 0 radical (unpaired) electrons. The zero-order chi connectivity index (χ0) is 12.9. The van der Waals surface area contributed by atoms with Crippen molar-refractivity contribution in [2.75, 3.05) is 13.2 Å². The van der Waals surface area contributed by atoms with Crippen LogP contribution in [0.25, 0.3) is 0 Å². The molecule has 0 unspecified atom stereocenters. The van der Waals surface area contributed by atoms with E-state index in [-0.39, 0.29) is 0 Å². The number of benzene rings is 1. The Morgan fingerprint density at radius 2 is 2.05 bits per heavy atom. The molecule has 0 amide bonds. The number of ether oxygens (including phenoxy) is 1. The molecule has 0 saturated heterocycles. The third kappa shape index (κ3) is 3.50. The van der Waals surface area contributed by atoms with Crippen LogP contribution in [-0.2, 0) is 13.0 Å². The number of hydrogen-bond acceptors (Lipinski definition) is 2.